The normalized spacial score (nSPS) is 10.8. The number of nitrogens with zero attached hydrogens (tertiary/aromatic N) is 3. The topological polar surface area (TPSA) is 66.5 Å². The molecule has 5 nitrogen and oxygen atoms in total. The van der Waals surface area contributed by atoms with Crippen molar-refractivity contribution < 1.29 is 0 Å². The predicted molar refractivity (Wildman–Crippen MR) is 90.9 cm³/mol. The number of imidazole rings is 1. The smallest absolute Gasteiger partial charge is 0.161 e. The Kier molecular flexibility index (Phi) is 3.44. The molecule has 0 aliphatic heterocycles. The predicted octanol–water partition coefficient (Wildman–Crippen LogP) is 3.63. The van der Waals surface area contributed by atoms with E-state index in [9.17, 15) is 0 Å². The van der Waals surface area contributed by atoms with Crippen LogP contribution in [-0.4, -0.2) is 19.9 Å². The van der Waals surface area contributed by atoms with Crippen LogP contribution in [-0.2, 0) is 6.54 Å². The molecule has 0 fully saturated rings. The van der Waals surface area contributed by atoms with Crippen molar-refractivity contribution in [2.24, 2.45) is 0 Å². The van der Waals surface area contributed by atoms with Crippen LogP contribution in [0.4, 0.5) is 5.82 Å². The monoisotopic (exact) mass is 301 g/mol. The van der Waals surface area contributed by atoms with Crippen LogP contribution < -0.4 is 5.32 Å². The summed E-state index contributed by atoms with van der Waals surface area (Å²) in [6, 6.07) is 19.8. The maximum atomic E-state index is 4.55. The molecule has 23 heavy (non-hydrogen) atoms. The molecule has 5 heteroatoms. The highest BCUT2D eigenvalue weighted by Crippen LogP contribution is 2.16. The fourth-order valence-electron chi connectivity index (χ4n) is 2.45. The fraction of sp³-hybridized carbons (Fsp3) is 0.0556. The molecule has 2 aromatic heterocycles. The van der Waals surface area contributed by atoms with E-state index in [4.69, 9.17) is 0 Å². The van der Waals surface area contributed by atoms with E-state index in [1.54, 1.807) is 6.20 Å². The van der Waals surface area contributed by atoms with Gasteiger partial charge in [0.1, 0.15) is 11.6 Å². The Labute approximate surface area is 133 Å². The van der Waals surface area contributed by atoms with Gasteiger partial charge >= 0.3 is 0 Å². The molecule has 2 heterocycles. The van der Waals surface area contributed by atoms with Crippen molar-refractivity contribution in [1.82, 2.24) is 19.9 Å². The Hall–Kier alpha value is -3.21. The maximum Gasteiger partial charge on any atom is 0.161 e. The molecule has 0 bridgehead atoms. The van der Waals surface area contributed by atoms with Crippen molar-refractivity contribution >= 4 is 16.9 Å². The summed E-state index contributed by atoms with van der Waals surface area (Å²) in [5.74, 6) is 2.37. The Morgan fingerprint density at radius 3 is 2.57 bits per heavy atom. The summed E-state index contributed by atoms with van der Waals surface area (Å²) in [6.07, 6.45) is 1.76. The SMILES string of the molecule is c1ccc(-c2nccc(NCc3nc4ccccc4[nH]3)n2)cc1. The lowest BCUT2D eigenvalue weighted by Gasteiger charge is -2.05. The molecule has 2 N–H and O–H groups in total. The molecular weight excluding hydrogens is 286 g/mol. The number of aromatic amines is 1. The number of hydrogen-bond acceptors (Lipinski definition) is 4. The van der Waals surface area contributed by atoms with Gasteiger partial charge in [-0.3, -0.25) is 0 Å². The van der Waals surface area contributed by atoms with Crippen LogP contribution in [0.15, 0.2) is 66.9 Å². The molecule has 0 saturated carbocycles. The van der Waals surface area contributed by atoms with Gasteiger partial charge in [-0.05, 0) is 18.2 Å². The van der Waals surface area contributed by atoms with E-state index in [-0.39, 0.29) is 0 Å². The van der Waals surface area contributed by atoms with E-state index in [0.29, 0.717) is 12.4 Å². The Balaban J connectivity index is 1.53. The van der Waals surface area contributed by atoms with Crippen LogP contribution in [0.3, 0.4) is 0 Å². The van der Waals surface area contributed by atoms with Crippen LogP contribution in [0.2, 0.25) is 0 Å². The largest absolute Gasteiger partial charge is 0.363 e. The van der Waals surface area contributed by atoms with E-state index >= 15 is 0 Å². The van der Waals surface area contributed by atoms with Crippen LogP contribution in [0.5, 0.6) is 0 Å². The standard InChI is InChI=1S/C18H15N5/c1-2-6-13(7-3-1)18-19-11-10-16(23-18)20-12-17-21-14-8-4-5-9-15(14)22-17/h1-11H,12H2,(H,21,22)(H,19,20,23). The molecule has 4 aromatic rings. The van der Waals surface area contributed by atoms with Gasteiger partial charge in [0.25, 0.3) is 0 Å². The number of aromatic nitrogens is 4. The molecule has 0 aliphatic rings. The molecule has 4 rings (SSSR count). The lowest BCUT2D eigenvalue weighted by molar-refractivity contribution is 0.993. The second-order valence-corrected chi connectivity index (χ2v) is 5.19. The van der Waals surface area contributed by atoms with Gasteiger partial charge in [-0.15, -0.1) is 0 Å². The summed E-state index contributed by atoms with van der Waals surface area (Å²) in [5.41, 5.74) is 3.01. The minimum atomic E-state index is 0.583. The van der Waals surface area contributed by atoms with Gasteiger partial charge in [-0.1, -0.05) is 42.5 Å². The summed E-state index contributed by atoms with van der Waals surface area (Å²) < 4.78 is 0. The van der Waals surface area contributed by atoms with E-state index < -0.39 is 0 Å². The maximum absolute atomic E-state index is 4.55. The fourth-order valence-corrected chi connectivity index (χ4v) is 2.45. The van der Waals surface area contributed by atoms with E-state index in [0.717, 1.165) is 28.2 Å². The highest BCUT2D eigenvalue weighted by molar-refractivity contribution is 5.74. The molecule has 0 unspecified atom stereocenters. The van der Waals surface area contributed by atoms with Crippen LogP contribution in [0.25, 0.3) is 22.4 Å². The van der Waals surface area contributed by atoms with Crippen LogP contribution in [0, 0.1) is 0 Å². The summed E-state index contributed by atoms with van der Waals surface area (Å²) in [7, 11) is 0. The molecule has 0 spiro atoms. The van der Waals surface area contributed by atoms with Crippen LogP contribution in [0.1, 0.15) is 5.82 Å². The Bertz CT molecular complexity index is 897. The number of nitrogens with one attached hydrogen (secondary N) is 2. The van der Waals surface area contributed by atoms with Gasteiger partial charge < -0.3 is 10.3 Å². The average Bonchev–Trinajstić information content (AvgIpc) is 3.04. The number of anilines is 1. The highest BCUT2D eigenvalue weighted by atomic mass is 15.1. The van der Waals surface area contributed by atoms with Gasteiger partial charge in [-0.2, -0.15) is 0 Å². The first-order valence-corrected chi connectivity index (χ1v) is 7.44. The minimum Gasteiger partial charge on any atom is -0.363 e. The first-order chi connectivity index (χ1) is 11.4. The zero-order valence-electron chi connectivity index (χ0n) is 12.4. The molecule has 0 atom stereocenters. The number of H-pyrrole nitrogens is 1. The van der Waals surface area contributed by atoms with Crippen molar-refractivity contribution in [2.45, 2.75) is 6.54 Å². The quantitative estimate of drug-likeness (QED) is 0.604. The van der Waals surface area contributed by atoms with Gasteiger partial charge in [0.2, 0.25) is 0 Å². The van der Waals surface area contributed by atoms with Crippen molar-refractivity contribution in [2.75, 3.05) is 5.32 Å². The van der Waals surface area contributed by atoms with E-state index in [2.05, 4.69) is 25.3 Å². The van der Waals surface area contributed by atoms with Crippen molar-refractivity contribution in [3.05, 3.63) is 72.7 Å². The van der Waals surface area contributed by atoms with Crippen molar-refractivity contribution in [3.8, 4) is 11.4 Å². The van der Waals surface area contributed by atoms with Gasteiger partial charge in [0.15, 0.2) is 5.82 Å². The number of rotatable bonds is 4. The van der Waals surface area contributed by atoms with Gasteiger partial charge in [-0.25, -0.2) is 15.0 Å². The molecule has 0 radical (unpaired) electrons. The number of benzene rings is 2. The molecule has 2 aromatic carbocycles. The third-order valence-corrected chi connectivity index (χ3v) is 3.56. The summed E-state index contributed by atoms with van der Waals surface area (Å²) in [6.45, 7) is 0.583. The molecule has 0 aliphatic carbocycles. The molecule has 112 valence electrons. The van der Waals surface area contributed by atoms with Crippen LogP contribution >= 0.6 is 0 Å². The minimum absolute atomic E-state index is 0.583. The second-order valence-electron chi connectivity index (χ2n) is 5.19. The number of hydrogen-bond donors (Lipinski definition) is 2. The zero-order valence-corrected chi connectivity index (χ0v) is 12.4. The van der Waals surface area contributed by atoms with Gasteiger partial charge in [0, 0.05) is 11.8 Å². The second kappa shape index (κ2) is 5.88. The lowest BCUT2D eigenvalue weighted by atomic mass is 10.2. The number of para-hydroxylation sites is 2. The average molecular weight is 301 g/mol. The molecular formula is C18H15N5. The molecule has 0 amide bonds. The summed E-state index contributed by atoms with van der Waals surface area (Å²) in [4.78, 5) is 16.7. The third kappa shape index (κ3) is 2.89. The lowest BCUT2D eigenvalue weighted by Crippen LogP contribution is -2.04. The summed E-state index contributed by atoms with van der Waals surface area (Å²) >= 11 is 0. The first kappa shape index (κ1) is 13.5. The molecule has 0 saturated heterocycles. The summed E-state index contributed by atoms with van der Waals surface area (Å²) in [5, 5.41) is 3.29. The highest BCUT2D eigenvalue weighted by Gasteiger charge is 2.04. The van der Waals surface area contributed by atoms with E-state index in [1.165, 1.54) is 0 Å². The first-order valence-electron chi connectivity index (χ1n) is 7.44. The Morgan fingerprint density at radius 1 is 0.870 bits per heavy atom. The van der Waals surface area contributed by atoms with E-state index in [1.807, 2.05) is 60.7 Å². The Morgan fingerprint density at radius 2 is 1.70 bits per heavy atom. The zero-order chi connectivity index (χ0) is 15.5. The third-order valence-electron chi connectivity index (χ3n) is 3.56. The van der Waals surface area contributed by atoms with Crippen molar-refractivity contribution in [3.63, 3.8) is 0 Å². The number of fused-ring (bicyclic) bond motifs is 1. The van der Waals surface area contributed by atoms with Crippen molar-refractivity contribution in [1.29, 1.82) is 0 Å². The van der Waals surface area contributed by atoms with Gasteiger partial charge in [0.05, 0.1) is 17.6 Å².